The maximum atomic E-state index is 11.2. The first-order chi connectivity index (χ1) is 9.10. The van der Waals surface area contributed by atoms with Crippen molar-refractivity contribution < 1.29 is 9.53 Å². The van der Waals surface area contributed by atoms with Crippen LogP contribution in [0.1, 0.15) is 21.1 Å². The summed E-state index contributed by atoms with van der Waals surface area (Å²) in [4.78, 5) is 13.4. The van der Waals surface area contributed by atoms with Gasteiger partial charge in [-0.25, -0.2) is 0 Å². The highest BCUT2D eigenvalue weighted by molar-refractivity contribution is 7.12. The molecule has 0 fully saturated rings. The predicted molar refractivity (Wildman–Crippen MR) is 75.4 cm³/mol. The van der Waals surface area contributed by atoms with E-state index in [9.17, 15) is 4.79 Å². The number of nitrogens with zero attached hydrogens (tertiary/aromatic N) is 1. The van der Waals surface area contributed by atoms with Gasteiger partial charge in [0.2, 0.25) is 0 Å². The lowest BCUT2D eigenvalue weighted by Gasteiger charge is -2.04. The molecule has 19 heavy (non-hydrogen) atoms. The van der Waals surface area contributed by atoms with Crippen LogP contribution in [0.5, 0.6) is 0 Å². The molecule has 0 aliphatic carbocycles. The van der Waals surface area contributed by atoms with E-state index in [0.717, 1.165) is 28.5 Å². The van der Waals surface area contributed by atoms with Gasteiger partial charge in [0.15, 0.2) is 0 Å². The maximum Gasteiger partial charge on any atom is 0.310 e. The fourth-order valence-electron chi connectivity index (χ4n) is 1.81. The quantitative estimate of drug-likeness (QED) is 0.825. The van der Waals surface area contributed by atoms with E-state index in [1.165, 1.54) is 12.0 Å². The molecule has 0 saturated heterocycles. The normalized spacial score (nSPS) is 10.5. The molecule has 0 atom stereocenters. The van der Waals surface area contributed by atoms with Crippen LogP contribution in [0.4, 0.5) is 5.69 Å². The zero-order chi connectivity index (χ0) is 13.8. The second-order valence-electron chi connectivity index (χ2n) is 4.28. The van der Waals surface area contributed by atoms with Gasteiger partial charge in [-0.05, 0) is 26.0 Å². The van der Waals surface area contributed by atoms with Gasteiger partial charge >= 0.3 is 5.97 Å². The molecule has 0 unspecified atom stereocenters. The number of H-pyrrole nitrogens is 1. The molecule has 0 amide bonds. The van der Waals surface area contributed by atoms with E-state index in [4.69, 9.17) is 0 Å². The Morgan fingerprint density at radius 1 is 1.42 bits per heavy atom. The minimum Gasteiger partial charge on any atom is -0.469 e. The lowest BCUT2D eigenvalue weighted by molar-refractivity contribution is -0.139. The molecule has 0 aromatic carbocycles. The maximum absolute atomic E-state index is 11.2. The van der Waals surface area contributed by atoms with E-state index < -0.39 is 0 Å². The molecule has 2 rings (SSSR count). The van der Waals surface area contributed by atoms with Crippen LogP contribution in [0.2, 0.25) is 0 Å². The molecule has 2 aromatic heterocycles. The summed E-state index contributed by atoms with van der Waals surface area (Å²) in [6, 6.07) is 3.99. The summed E-state index contributed by atoms with van der Waals surface area (Å²) in [5, 5.41) is 10.4. The van der Waals surface area contributed by atoms with Gasteiger partial charge in [0.1, 0.15) is 0 Å². The first-order valence-corrected chi connectivity index (χ1v) is 6.81. The van der Waals surface area contributed by atoms with Crippen molar-refractivity contribution >= 4 is 23.0 Å². The van der Waals surface area contributed by atoms with Crippen molar-refractivity contribution in [2.75, 3.05) is 12.4 Å². The number of thiophene rings is 1. The number of hydrogen-bond donors (Lipinski definition) is 2. The number of carbonyl (C=O) groups is 1. The monoisotopic (exact) mass is 279 g/mol. The fraction of sp³-hybridized carbons (Fsp3) is 0.385. The molecule has 0 aliphatic heterocycles. The number of aryl methyl sites for hydroxylation is 2. The van der Waals surface area contributed by atoms with E-state index in [1.807, 2.05) is 26.0 Å². The van der Waals surface area contributed by atoms with Gasteiger partial charge < -0.3 is 10.1 Å². The smallest absolute Gasteiger partial charge is 0.310 e. The van der Waals surface area contributed by atoms with E-state index in [2.05, 4.69) is 20.3 Å². The Bertz CT molecular complexity index is 555. The molecule has 6 heteroatoms. The molecule has 0 spiro atoms. The summed E-state index contributed by atoms with van der Waals surface area (Å²) in [5.41, 5.74) is 3.04. The number of carbonyl (C=O) groups excluding carboxylic acids is 1. The van der Waals surface area contributed by atoms with Crippen LogP contribution >= 0.6 is 11.3 Å². The number of hydrogen-bond acceptors (Lipinski definition) is 5. The third kappa shape index (κ3) is 3.35. The van der Waals surface area contributed by atoms with Crippen molar-refractivity contribution in [1.29, 1.82) is 0 Å². The summed E-state index contributed by atoms with van der Waals surface area (Å²) in [7, 11) is 1.41. The van der Waals surface area contributed by atoms with Crippen LogP contribution in [-0.2, 0) is 22.5 Å². The molecular formula is C13H17N3O2S. The van der Waals surface area contributed by atoms with Crippen LogP contribution < -0.4 is 5.32 Å². The minimum atomic E-state index is -0.206. The third-order valence-electron chi connectivity index (χ3n) is 2.83. The Kier molecular flexibility index (Phi) is 4.21. The molecule has 0 saturated carbocycles. The summed E-state index contributed by atoms with van der Waals surface area (Å²) in [6.45, 7) is 4.68. The highest BCUT2D eigenvalue weighted by atomic mass is 32.1. The second kappa shape index (κ2) is 5.88. The number of rotatable bonds is 5. The van der Waals surface area contributed by atoms with E-state index in [-0.39, 0.29) is 5.97 Å². The number of anilines is 1. The fourth-order valence-corrected chi connectivity index (χ4v) is 2.76. The zero-order valence-electron chi connectivity index (χ0n) is 11.2. The predicted octanol–water partition coefficient (Wildman–Crippen LogP) is 2.42. The average molecular weight is 279 g/mol. The topological polar surface area (TPSA) is 67.0 Å². The van der Waals surface area contributed by atoms with Crippen LogP contribution in [0, 0.1) is 13.8 Å². The number of ether oxygens (including phenoxy) is 1. The Balaban J connectivity index is 1.95. The van der Waals surface area contributed by atoms with Crippen molar-refractivity contribution in [3.63, 3.8) is 0 Å². The van der Waals surface area contributed by atoms with E-state index in [0.29, 0.717) is 6.42 Å². The summed E-state index contributed by atoms with van der Waals surface area (Å²) in [5.74, 6) is -0.206. The second-order valence-corrected chi connectivity index (χ2v) is 5.54. The van der Waals surface area contributed by atoms with Crippen LogP contribution in [0.25, 0.3) is 0 Å². The molecule has 102 valence electrons. The number of nitrogens with one attached hydrogen (secondary N) is 2. The lowest BCUT2D eigenvalue weighted by Crippen LogP contribution is -2.02. The van der Waals surface area contributed by atoms with E-state index >= 15 is 0 Å². The first-order valence-electron chi connectivity index (χ1n) is 6.00. The van der Waals surface area contributed by atoms with Crippen molar-refractivity contribution in [2.24, 2.45) is 0 Å². The number of aromatic nitrogens is 2. The number of esters is 1. The van der Waals surface area contributed by atoms with Crippen LogP contribution in [0.15, 0.2) is 12.1 Å². The standard InChI is InChI=1S/C13H17N3O2S/c1-8-13(9(2)16-15-8)14-7-11-5-4-10(19-11)6-12(17)18-3/h4-5,14H,6-7H2,1-3H3,(H,15,16). The highest BCUT2D eigenvalue weighted by Crippen LogP contribution is 2.21. The van der Waals surface area contributed by atoms with Gasteiger partial charge in [-0.1, -0.05) is 0 Å². The van der Waals surface area contributed by atoms with Crippen molar-refractivity contribution in [1.82, 2.24) is 10.2 Å². The van der Waals surface area contributed by atoms with Crippen molar-refractivity contribution in [3.8, 4) is 0 Å². The molecule has 2 N–H and O–H groups in total. The Labute approximate surface area is 116 Å². The number of aromatic amines is 1. The van der Waals surface area contributed by atoms with Crippen LogP contribution in [-0.4, -0.2) is 23.3 Å². The summed E-state index contributed by atoms with van der Waals surface area (Å²) in [6.07, 6.45) is 0.338. The summed E-state index contributed by atoms with van der Waals surface area (Å²) < 4.78 is 4.65. The van der Waals surface area contributed by atoms with Crippen molar-refractivity contribution in [3.05, 3.63) is 33.3 Å². The molecule has 0 bridgehead atoms. The third-order valence-corrected chi connectivity index (χ3v) is 3.92. The van der Waals surface area contributed by atoms with Crippen molar-refractivity contribution in [2.45, 2.75) is 26.8 Å². The Morgan fingerprint density at radius 3 is 2.79 bits per heavy atom. The average Bonchev–Trinajstić information content (AvgIpc) is 2.95. The Morgan fingerprint density at radius 2 is 2.16 bits per heavy atom. The van der Waals surface area contributed by atoms with Gasteiger partial charge in [-0.15, -0.1) is 11.3 Å². The molecule has 2 aromatic rings. The largest absolute Gasteiger partial charge is 0.469 e. The zero-order valence-corrected chi connectivity index (χ0v) is 12.1. The van der Waals surface area contributed by atoms with Gasteiger partial charge in [0, 0.05) is 16.3 Å². The van der Waals surface area contributed by atoms with Gasteiger partial charge in [0.05, 0.1) is 30.6 Å². The van der Waals surface area contributed by atoms with Gasteiger partial charge in [0.25, 0.3) is 0 Å². The van der Waals surface area contributed by atoms with E-state index in [1.54, 1.807) is 11.3 Å². The summed E-state index contributed by atoms with van der Waals surface area (Å²) >= 11 is 1.62. The molecular weight excluding hydrogens is 262 g/mol. The minimum absolute atomic E-state index is 0.206. The lowest BCUT2D eigenvalue weighted by atomic mass is 10.3. The highest BCUT2D eigenvalue weighted by Gasteiger charge is 2.08. The molecule has 0 radical (unpaired) electrons. The molecule has 2 heterocycles. The van der Waals surface area contributed by atoms with Gasteiger partial charge in [-0.3, -0.25) is 9.89 Å². The molecule has 0 aliphatic rings. The van der Waals surface area contributed by atoms with Gasteiger partial charge in [-0.2, -0.15) is 5.10 Å². The number of methoxy groups -OCH3 is 1. The molecule has 5 nitrogen and oxygen atoms in total. The SMILES string of the molecule is COC(=O)Cc1ccc(CNc2c(C)n[nH]c2C)s1. The first kappa shape index (κ1) is 13.6. The Hall–Kier alpha value is -1.82. The van der Waals surface area contributed by atoms with Crippen LogP contribution in [0.3, 0.4) is 0 Å².